The Bertz CT molecular complexity index is 257. The zero-order valence-electron chi connectivity index (χ0n) is 13.5. The number of hydrogen-bond acceptors (Lipinski definition) is 1. The molecule has 116 valence electrons. The van der Waals surface area contributed by atoms with E-state index in [1.165, 1.54) is 89.8 Å². The van der Waals surface area contributed by atoms with E-state index in [0.717, 1.165) is 17.8 Å². The molecule has 0 aromatic rings. The largest absolute Gasteiger partial charge is 0.303 e. The van der Waals surface area contributed by atoms with E-state index >= 15 is 0 Å². The first-order valence-corrected chi connectivity index (χ1v) is 9.28. The van der Waals surface area contributed by atoms with E-state index in [9.17, 15) is 4.79 Å². The molecule has 0 heterocycles. The predicted molar refractivity (Wildman–Crippen MR) is 85.7 cm³/mol. The highest BCUT2D eigenvalue weighted by molar-refractivity contribution is 5.53. The molecule has 0 amide bonds. The summed E-state index contributed by atoms with van der Waals surface area (Å²) in [7, 11) is 0. The van der Waals surface area contributed by atoms with E-state index in [1.54, 1.807) is 0 Å². The van der Waals surface area contributed by atoms with Crippen LogP contribution in [0.5, 0.6) is 0 Å². The Labute approximate surface area is 125 Å². The van der Waals surface area contributed by atoms with Crippen molar-refractivity contribution in [3.63, 3.8) is 0 Å². The minimum Gasteiger partial charge on any atom is -0.303 e. The molecule has 0 saturated heterocycles. The van der Waals surface area contributed by atoms with Crippen molar-refractivity contribution in [3.8, 4) is 0 Å². The molecule has 0 radical (unpaired) electrons. The Morgan fingerprint density at radius 3 is 1.95 bits per heavy atom. The van der Waals surface area contributed by atoms with Crippen LogP contribution in [0.2, 0.25) is 0 Å². The lowest BCUT2D eigenvalue weighted by Gasteiger charge is -2.37. The van der Waals surface area contributed by atoms with Gasteiger partial charge in [0.15, 0.2) is 0 Å². The zero-order chi connectivity index (χ0) is 14.2. The average Bonchev–Trinajstić information content (AvgIpc) is 2.52. The van der Waals surface area contributed by atoms with Gasteiger partial charge in [-0.3, -0.25) is 0 Å². The fraction of sp³-hybridized carbons (Fsp3) is 0.947. The van der Waals surface area contributed by atoms with Crippen molar-refractivity contribution in [1.29, 1.82) is 0 Å². The molecular weight excluding hydrogens is 244 g/mol. The van der Waals surface area contributed by atoms with E-state index < -0.39 is 0 Å². The van der Waals surface area contributed by atoms with E-state index in [2.05, 4.69) is 6.92 Å². The summed E-state index contributed by atoms with van der Waals surface area (Å²) in [5.74, 6) is 3.37. The lowest BCUT2D eigenvalue weighted by molar-refractivity contribution is -0.112. The Kier molecular flexibility index (Phi) is 7.10. The molecule has 2 rings (SSSR count). The van der Waals surface area contributed by atoms with Gasteiger partial charge in [0, 0.05) is 5.92 Å². The minimum atomic E-state index is 0.390. The molecule has 2 aliphatic carbocycles. The molecule has 0 N–H and O–H groups in total. The van der Waals surface area contributed by atoms with Crippen LogP contribution in [0.15, 0.2) is 0 Å². The molecule has 2 saturated carbocycles. The lowest BCUT2D eigenvalue weighted by atomic mass is 9.69. The fourth-order valence-electron chi connectivity index (χ4n) is 4.56. The molecule has 0 aliphatic heterocycles. The van der Waals surface area contributed by atoms with E-state index in [-0.39, 0.29) is 0 Å². The maximum absolute atomic E-state index is 10.8. The van der Waals surface area contributed by atoms with Crippen LogP contribution in [0, 0.1) is 23.7 Å². The Morgan fingerprint density at radius 1 is 0.800 bits per heavy atom. The van der Waals surface area contributed by atoms with Crippen molar-refractivity contribution in [2.75, 3.05) is 0 Å². The van der Waals surface area contributed by atoms with Crippen molar-refractivity contribution in [2.24, 2.45) is 23.7 Å². The zero-order valence-corrected chi connectivity index (χ0v) is 13.5. The highest BCUT2D eigenvalue weighted by Crippen LogP contribution is 2.41. The van der Waals surface area contributed by atoms with Gasteiger partial charge in [-0.1, -0.05) is 51.9 Å². The van der Waals surface area contributed by atoms with Crippen LogP contribution in [0.4, 0.5) is 0 Å². The van der Waals surface area contributed by atoms with Gasteiger partial charge in [0.05, 0.1) is 0 Å². The summed E-state index contributed by atoms with van der Waals surface area (Å²) in [5.41, 5.74) is 0. The SMILES string of the molecule is CCCCCCC1CCC(C2CCC(C=O)CC2)CC1. The Hall–Kier alpha value is -0.330. The molecule has 2 fully saturated rings. The average molecular weight is 278 g/mol. The van der Waals surface area contributed by atoms with Gasteiger partial charge in [-0.05, 0) is 56.3 Å². The quantitative estimate of drug-likeness (QED) is 0.427. The van der Waals surface area contributed by atoms with Gasteiger partial charge in [-0.25, -0.2) is 0 Å². The predicted octanol–water partition coefficient (Wildman–Crippen LogP) is 5.77. The number of carbonyl (C=O) groups is 1. The summed E-state index contributed by atoms with van der Waals surface area (Å²) in [6, 6.07) is 0. The molecule has 1 heteroatoms. The van der Waals surface area contributed by atoms with Crippen molar-refractivity contribution in [3.05, 3.63) is 0 Å². The van der Waals surface area contributed by atoms with Crippen LogP contribution < -0.4 is 0 Å². The van der Waals surface area contributed by atoms with Crippen LogP contribution in [0.25, 0.3) is 0 Å². The van der Waals surface area contributed by atoms with E-state index in [4.69, 9.17) is 0 Å². The van der Waals surface area contributed by atoms with Crippen molar-refractivity contribution < 1.29 is 4.79 Å². The third-order valence-corrected chi connectivity index (χ3v) is 6.03. The summed E-state index contributed by atoms with van der Waals surface area (Å²) in [6.07, 6.45) is 19.3. The van der Waals surface area contributed by atoms with Crippen LogP contribution in [-0.4, -0.2) is 6.29 Å². The first-order chi connectivity index (χ1) is 9.83. The summed E-state index contributed by atoms with van der Waals surface area (Å²) in [5, 5.41) is 0. The van der Waals surface area contributed by atoms with Gasteiger partial charge in [0.25, 0.3) is 0 Å². The maximum atomic E-state index is 10.8. The molecule has 0 aromatic carbocycles. The van der Waals surface area contributed by atoms with Gasteiger partial charge in [-0.2, -0.15) is 0 Å². The Morgan fingerprint density at radius 2 is 1.40 bits per heavy atom. The van der Waals surface area contributed by atoms with Gasteiger partial charge < -0.3 is 4.79 Å². The second kappa shape index (κ2) is 8.85. The number of aldehydes is 1. The second-order valence-corrected chi connectivity index (χ2v) is 7.44. The minimum absolute atomic E-state index is 0.390. The smallest absolute Gasteiger partial charge is 0.123 e. The maximum Gasteiger partial charge on any atom is 0.123 e. The molecule has 20 heavy (non-hydrogen) atoms. The summed E-state index contributed by atoms with van der Waals surface area (Å²) in [4.78, 5) is 10.8. The van der Waals surface area contributed by atoms with Crippen molar-refractivity contribution in [2.45, 2.75) is 90.4 Å². The van der Waals surface area contributed by atoms with E-state index in [0.29, 0.717) is 5.92 Å². The van der Waals surface area contributed by atoms with Gasteiger partial charge in [-0.15, -0.1) is 0 Å². The third kappa shape index (κ3) is 4.90. The number of rotatable bonds is 7. The molecule has 0 atom stereocenters. The number of unbranched alkanes of at least 4 members (excludes halogenated alkanes) is 3. The van der Waals surface area contributed by atoms with E-state index in [1.807, 2.05) is 0 Å². The first-order valence-electron chi connectivity index (χ1n) is 9.28. The van der Waals surface area contributed by atoms with Crippen LogP contribution in [0.1, 0.15) is 90.4 Å². The monoisotopic (exact) mass is 278 g/mol. The van der Waals surface area contributed by atoms with Gasteiger partial charge in [0.2, 0.25) is 0 Å². The molecular formula is C19H34O. The van der Waals surface area contributed by atoms with Gasteiger partial charge >= 0.3 is 0 Å². The summed E-state index contributed by atoms with van der Waals surface area (Å²) >= 11 is 0. The normalized spacial score (nSPS) is 34.9. The summed E-state index contributed by atoms with van der Waals surface area (Å²) in [6.45, 7) is 2.30. The molecule has 1 nitrogen and oxygen atoms in total. The van der Waals surface area contributed by atoms with Crippen molar-refractivity contribution >= 4 is 6.29 Å². The number of hydrogen-bond donors (Lipinski definition) is 0. The fourth-order valence-corrected chi connectivity index (χ4v) is 4.56. The van der Waals surface area contributed by atoms with Crippen molar-refractivity contribution in [1.82, 2.24) is 0 Å². The van der Waals surface area contributed by atoms with Gasteiger partial charge in [0.1, 0.15) is 6.29 Å². The molecule has 0 spiro atoms. The molecule has 0 unspecified atom stereocenters. The lowest BCUT2D eigenvalue weighted by Crippen LogP contribution is -2.26. The highest BCUT2D eigenvalue weighted by atomic mass is 16.1. The molecule has 0 bridgehead atoms. The standard InChI is InChI=1S/C19H34O/c1-2-3-4-5-6-16-7-11-18(12-8-16)19-13-9-17(15-20)10-14-19/h15-19H,2-14H2,1H3. The summed E-state index contributed by atoms with van der Waals surface area (Å²) < 4.78 is 0. The second-order valence-electron chi connectivity index (χ2n) is 7.44. The van der Waals surface area contributed by atoms with Crippen LogP contribution >= 0.6 is 0 Å². The first kappa shape index (κ1) is 16.0. The molecule has 0 aromatic heterocycles. The topological polar surface area (TPSA) is 17.1 Å². The molecule has 2 aliphatic rings. The van der Waals surface area contributed by atoms with Crippen LogP contribution in [0.3, 0.4) is 0 Å². The third-order valence-electron chi connectivity index (χ3n) is 6.03. The highest BCUT2D eigenvalue weighted by Gasteiger charge is 2.30. The Balaban J connectivity index is 1.60. The number of carbonyl (C=O) groups excluding carboxylic acids is 1. The van der Waals surface area contributed by atoms with Crippen LogP contribution in [-0.2, 0) is 4.79 Å².